The van der Waals surface area contributed by atoms with Crippen LogP contribution in [0.2, 0.25) is 0 Å². The topological polar surface area (TPSA) is 130 Å². The van der Waals surface area contributed by atoms with Gasteiger partial charge >= 0.3 is 0 Å². The highest BCUT2D eigenvalue weighted by Crippen LogP contribution is 2.42. The Bertz CT molecular complexity index is 1320. The first-order chi connectivity index (χ1) is 16.2. The molecule has 4 heterocycles. The van der Waals surface area contributed by atoms with Gasteiger partial charge < -0.3 is 20.9 Å². The predicted octanol–water partition coefficient (Wildman–Crippen LogP) is 1.67. The Morgan fingerprint density at radius 3 is 2.81 bits per heavy atom. The molecule has 1 aliphatic heterocycles. The first-order valence-electron chi connectivity index (χ1n) is 11.2. The molecule has 1 aliphatic carbocycles. The summed E-state index contributed by atoms with van der Waals surface area (Å²) < 4.78 is 18.9. The van der Waals surface area contributed by atoms with E-state index in [1.54, 1.807) is 37.2 Å². The molecule has 0 atom stereocenters. The van der Waals surface area contributed by atoms with Crippen LogP contribution in [0.15, 0.2) is 24.5 Å². The zero-order chi connectivity index (χ0) is 24.2. The molecule has 11 heteroatoms. The number of hydrogen-bond donors (Lipinski definition) is 3. The van der Waals surface area contributed by atoms with Crippen LogP contribution in [0, 0.1) is 5.92 Å². The Kier molecular flexibility index (Phi) is 4.18. The van der Waals surface area contributed by atoms with Crippen molar-refractivity contribution >= 4 is 34.8 Å². The van der Waals surface area contributed by atoms with E-state index in [4.69, 9.17) is 2.74 Å². The van der Waals surface area contributed by atoms with Gasteiger partial charge in [0.15, 0.2) is 17.3 Å². The lowest BCUT2D eigenvalue weighted by atomic mass is 10.0. The van der Waals surface area contributed by atoms with Crippen LogP contribution in [-0.4, -0.2) is 50.9 Å². The molecule has 2 amide bonds. The number of nitrogens with one attached hydrogen (secondary N) is 3. The van der Waals surface area contributed by atoms with Crippen LogP contribution in [0.1, 0.15) is 31.6 Å². The standard InChI is InChI=1S/C21H23N9O2/c1-22-21(32)17-14(8-15(26-27-17)25-20(31)11-4-5-11)24-19-18-13(6-7-23-19)16-12(9-29(18)2)10-30(3)28-16/h6-8,10-11H,4-5,9H2,1-3H3,(H,22,32)(H2,23,24,25,26,31)/i9D2. The van der Waals surface area contributed by atoms with Crippen molar-refractivity contribution in [1.29, 1.82) is 0 Å². The van der Waals surface area contributed by atoms with Gasteiger partial charge in [-0.2, -0.15) is 5.10 Å². The highest BCUT2D eigenvalue weighted by molar-refractivity contribution is 6.00. The van der Waals surface area contributed by atoms with Crippen LogP contribution in [-0.2, 0) is 18.3 Å². The summed E-state index contributed by atoms with van der Waals surface area (Å²) in [6.45, 7) is -1.85. The monoisotopic (exact) mass is 435 g/mol. The van der Waals surface area contributed by atoms with Gasteiger partial charge in [0, 0.05) is 63.1 Å². The molecule has 3 N–H and O–H groups in total. The molecule has 32 heavy (non-hydrogen) atoms. The number of anilines is 4. The van der Waals surface area contributed by atoms with Crippen molar-refractivity contribution in [2.75, 3.05) is 29.6 Å². The highest BCUT2D eigenvalue weighted by atomic mass is 16.2. The van der Waals surface area contributed by atoms with Gasteiger partial charge in [0.05, 0.1) is 19.8 Å². The molecular formula is C21H23N9O2. The zero-order valence-corrected chi connectivity index (χ0v) is 17.8. The SMILES string of the molecule is [2H]C1([2H])c2cn(C)nc2-c2ccnc(Nc3cc(NC(=O)C4CC4)nnc3C(=O)NC)c2N1C. The molecule has 2 aliphatic rings. The maximum atomic E-state index is 12.5. The first-order valence-corrected chi connectivity index (χ1v) is 10.2. The van der Waals surface area contributed by atoms with Crippen molar-refractivity contribution in [2.24, 2.45) is 13.0 Å². The smallest absolute Gasteiger partial charge is 0.273 e. The van der Waals surface area contributed by atoms with E-state index in [9.17, 15) is 9.59 Å². The summed E-state index contributed by atoms with van der Waals surface area (Å²) in [6.07, 6.45) is 4.92. The number of nitrogens with zero attached hydrogens (tertiary/aromatic N) is 6. The fraction of sp³-hybridized carbons (Fsp3) is 0.333. The molecular weight excluding hydrogens is 410 g/mol. The van der Waals surface area contributed by atoms with Crippen LogP contribution in [0.5, 0.6) is 0 Å². The third-order valence-corrected chi connectivity index (χ3v) is 5.32. The lowest BCUT2D eigenvalue weighted by Crippen LogP contribution is -2.24. The molecule has 11 nitrogen and oxygen atoms in total. The Labute approximate surface area is 187 Å². The summed E-state index contributed by atoms with van der Waals surface area (Å²) in [5.41, 5.74) is 2.40. The number of rotatable bonds is 5. The number of carbonyl (C=O) groups is 2. The van der Waals surface area contributed by atoms with E-state index in [0.717, 1.165) is 12.8 Å². The summed E-state index contributed by atoms with van der Waals surface area (Å²) in [4.78, 5) is 30.5. The second-order valence-corrected chi connectivity index (χ2v) is 7.75. The minimum atomic E-state index is -1.85. The lowest BCUT2D eigenvalue weighted by Gasteiger charge is -2.28. The van der Waals surface area contributed by atoms with Crippen LogP contribution in [0.4, 0.5) is 23.0 Å². The Balaban J connectivity index is 1.59. The number of aromatic nitrogens is 5. The molecule has 1 saturated carbocycles. The fourth-order valence-electron chi connectivity index (χ4n) is 3.62. The van der Waals surface area contributed by atoms with Gasteiger partial charge in [0.1, 0.15) is 0 Å². The lowest BCUT2D eigenvalue weighted by molar-refractivity contribution is -0.117. The van der Waals surface area contributed by atoms with Crippen molar-refractivity contribution in [3.05, 3.63) is 35.8 Å². The third kappa shape index (κ3) is 3.51. The first kappa shape index (κ1) is 17.6. The van der Waals surface area contributed by atoms with Gasteiger partial charge in [-0.15, -0.1) is 10.2 Å². The Morgan fingerprint density at radius 1 is 1.25 bits per heavy atom. The van der Waals surface area contributed by atoms with E-state index in [1.807, 2.05) is 0 Å². The quantitative estimate of drug-likeness (QED) is 0.552. The summed E-state index contributed by atoms with van der Waals surface area (Å²) in [7, 11) is 4.85. The van der Waals surface area contributed by atoms with Gasteiger partial charge in [0.2, 0.25) is 5.91 Å². The summed E-state index contributed by atoms with van der Waals surface area (Å²) in [5, 5.41) is 20.8. The van der Waals surface area contributed by atoms with Crippen LogP contribution >= 0.6 is 0 Å². The maximum Gasteiger partial charge on any atom is 0.273 e. The van der Waals surface area contributed by atoms with Crippen molar-refractivity contribution in [3.63, 3.8) is 0 Å². The van der Waals surface area contributed by atoms with E-state index in [1.165, 1.54) is 18.0 Å². The van der Waals surface area contributed by atoms with Crippen LogP contribution in [0.3, 0.4) is 0 Å². The molecule has 0 radical (unpaired) electrons. The van der Waals surface area contributed by atoms with E-state index in [2.05, 4.69) is 36.2 Å². The van der Waals surface area contributed by atoms with Gasteiger partial charge in [0.25, 0.3) is 5.91 Å². The van der Waals surface area contributed by atoms with Gasteiger partial charge in [-0.25, -0.2) is 4.98 Å². The molecule has 0 spiro atoms. The van der Waals surface area contributed by atoms with Gasteiger partial charge in [-0.1, -0.05) is 0 Å². The molecule has 164 valence electrons. The maximum absolute atomic E-state index is 12.5. The second kappa shape index (κ2) is 7.59. The number of amides is 2. The van der Waals surface area contributed by atoms with Crippen LogP contribution < -0.4 is 20.9 Å². The molecule has 0 saturated heterocycles. The number of fused-ring (bicyclic) bond motifs is 3. The van der Waals surface area contributed by atoms with Crippen LogP contribution in [0.25, 0.3) is 11.3 Å². The summed E-state index contributed by atoms with van der Waals surface area (Å²) >= 11 is 0. The second-order valence-electron chi connectivity index (χ2n) is 7.75. The number of pyridine rings is 1. The minimum Gasteiger partial charge on any atom is -0.367 e. The number of aryl methyl sites for hydroxylation is 1. The van der Waals surface area contributed by atoms with E-state index >= 15 is 0 Å². The molecule has 0 bridgehead atoms. The Hall–Kier alpha value is -4.02. The molecule has 0 unspecified atom stereocenters. The van der Waals surface area contributed by atoms with E-state index < -0.39 is 12.4 Å². The summed E-state index contributed by atoms with van der Waals surface area (Å²) in [6, 6.07) is 3.28. The summed E-state index contributed by atoms with van der Waals surface area (Å²) in [5.74, 6) is -0.136. The molecule has 5 rings (SSSR count). The zero-order valence-electron chi connectivity index (χ0n) is 19.8. The van der Waals surface area contributed by atoms with E-state index in [0.29, 0.717) is 28.3 Å². The van der Waals surface area contributed by atoms with Gasteiger partial charge in [-0.3, -0.25) is 14.3 Å². The van der Waals surface area contributed by atoms with Crippen molar-refractivity contribution in [1.82, 2.24) is 30.3 Å². The average Bonchev–Trinajstić information content (AvgIpc) is 3.58. The van der Waals surface area contributed by atoms with Gasteiger partial charge in [-0.05, 0) is 18.9 Å². The van der Waals surface area contributed by atoms with Crippen molar-refractivity contribution in [3.8, 4) is 11.3 Å². The highest BCUT2D eigenvalue weighted by Gasteiger charge is 2.30. The average molecular weight is 435 g/mol. The normalized spacial score (nSPS) is 16.9. The molecule has 3 aromatic rings. The predicted molar refractivity (Wildman–Crippen MR) is 119 cm³/mol. The Morgan fingerprint density at radius 2 is 2.06 bits per heavy atom. The van der Waals surface area contributed by atoms with E-state index in [-0.39, 0.29) is 29.0 Å². The minimum absolute atomic E-state index is 0.00585. The third-order valence-electron chi connectivity index (χ3n) is 5.32. The molecule has 1 fully saturated rings. The van der Waals surface area contributed by atoms with Crippen molar-refractivity contribution < 1.29 is 12.3 Å². The molecule has 3 aromatic heterocycles. The molecule has 0 aromatic carbocycles. The number of carbonyl (C=O) groups excluding carboxylic acids is 2. The number of hydrogen-bond acceptors (Lipinski definition) is 8. The largest absolute Gasteiger partial charge is 0.367 e. The fourth-order valence-corrected chi connectivity index (χ4v) is 3.62. The van der Waals surface area contributed by atoms with Crippen molar-refractivity contribution in [2.45, 2.75) is 19.3 Å².